The Balaban J connectivity index is 4.43. The maximum Gasteiger partial charge on any atom is 0.190 e. The van der Waals surface area contributed by atoms with Crippen LogP contribution in [0.2, 0.25) is 0 Å². The van der Waals surface area contributed by atoms with Crippen molar-refractivity contribution in [2.75, 3.05) is 19.6 Å². The molecule has 0 radical (unpaired) electrons. The molecule has 0 aromatic rings. The highest BCUT2D eigenvalue weighted by Gasteiger charge is 2.29. The van der Waals surface area contributed by atoms with Gasteiger partial charge in [0.25, 0.3) is 0 Å². The van der Waals surface area contributed by atoms with Crippen molar-refractivity contribution in [2.24, 2.45) is 0 Å². The van der Waals surface area contributed by atoms with Crippen molar-refractivity contribution in [3.05, 3.63) is 12.7 Å². The number of aliphatic hydroxyl groups excluding tert-OH is 1. The molecule has 0 spiro atoms. The summed E-state index contributed by atoms with van der Waals surface area (Å²) in [7, 11) is 0. The van der Waals surface area contributed by atoms with E-state index < -0.39 is 0 Å². The summed E-state index contributed by atoms with van der Waals surface area (Å²) in [6, 6.07) is 0. The van der Waals surface area contributed by atoms with Gasteiger partial charge >= 0.3 is 0 Å². The molecule has 0 rings (SSSR count). The van der Waals surface area contributed by atoms with Crippen LogP contribution in [0.25, 0.3) is 0 Å². The second-order valence-electron chi connectivity index (χ2n) is 3.21. The smallest absolute Gasteiger partial charge is 0.190 e. The normalized spacial score (nSPS) is 14.3. The van der Waals surface area contributed by atoms with E-state index in [0.717, 1.165) is 30.5 Å². The van der Waals surface area contributed by atoms with Crippen LogP contribution in [-0.2, 0) is 0 Å². The molecule has 72 valence electrons. The number of hydrogen-bond donors (Lipinski definition) is 1. The molecule has 0 amide bonds. The largest absolute Gasteiger partial charge is 0.345 e. The lowest BCUT2D eigenvalue weighted by Gasteiger charge is -2.39. The average molecular weight is 172 g/mol. The zero-order valence-electron chi connectivity index (χ0n) is 8.58. The molecule has 0 aliphatic rings. The minimum atomic E-state index is -0.238. The zero-order chi connectivity index (χ0) is 9.61. The van der Waals surface area contributed by atoms with Gasteiger partial charge in [-0.15, -0.1) is 0 Å². The summed E-state index contributed by atoms with van der Waals surface area (Å²) >= 11 is 0. The van der Waals surface area contributed by atoms with Crippen molar-refractivity contribution in [1.82, 2.24) is 0 Å². The van der Waals surface area contributed by atoms with Gasteiger partial charge in [-0.2, -0.15) is 0 Å². The molecule has 0 bridgehead atoms. The van der Waals surface area contributed by atoms with Crippen molar-refractivity contribution >= 4 is 0 Å². The first-order chi connectivity index (χ1) is 5.66. The number of quaternary nitrogens is 1. The van der Waals surface area contributed by atoms with Crippen LogP contribution < -0.4 is 0 Å². The number of aliphatic hydroxyl groups is 1. The first-order valence-electron chi connectivity index (χ1n) is 4.81. The van der Waals surface area contributed by atoms with E-state index in [1.54, 1.807) is 0 Å². The highest BCUT2D eigenvalue weighted by molar-refractivity contribution is 4.66. The Bertz CT molecular complexity index is 130. The Labute approximate surface area is 76.1 Å². The van der Waals surface area contributed by atoms with Crippen LogP contribution in [0, 0.1) is 0 Å². The van der Waals surface area contributed by atoms with E-state index in [4.69, 9.17) is 0 Å². The number of likely N-dealkylation sites (N-methyl/N-ethyl adjacent to an activating group) is 1. The molecule has 0 aromatic carbocycles. The van der Waals surface area contributed by atoms with E-state index in [9.17, 15) is 5.11 Å². The van der Waals surface area contributed by atoms with Crippen LogP contribution in [0.4, 0.5) is 0 Å². The first-order valence-corrected chi connectivity index (χ1v) is 4.81. The molecule has 2 heteroatoms. The van der Waals surface area contributed by atoms with E-state index in [2.05, 4.69) is 20.4 Å². The molecule has 0 aliphatic heterocycles. The second-order valence-corrected chi connectivity index (χ2v) is 3.21. The molecule has 2 nitrogen and oxygen atoms in total. The van der Waals surface area contributed by atoms with Crippen LogP contribution in [0.15, 0.2) is 12.7 Å². The Morgan fingerprint density at radius 1 is 1.33 bits per heavy atom. The predicted octanol–water partition coefficient (Wildman–Crippen LogP) is 1.76. The highest BCUT2D eigenvalue weighted by Crippen LogP contribution is 2.13. The van der Waals surface area contributed by atoms with Crippen LogP contribution in [0.3, 0.4) is 0 Å². The minimum Gasteiger partial charge on any atom is -0.345 e. The van der Waals surface area contributed by atoms with Gasteiger partial charge in [0.05, 0.1) is 19.6 Å². The summed E-state index contributed by atoms with van der Waals surface area (Å²) in [6.45, 7) is 12.8. The van der Waals surface area contributed by atoms with Crippen LogP contribution in [0.1, 0.15) is 27.2 Å². The van der Waals surface area contributed by atoms with Gasteiger partial charge in [0.2, 0.25) is 0 Å². The van der Waals surface area contributed by atoms with Gasteiger partial charge in [0, 0.05) is 6.42 Å². The Morgan fingerprint density at radius 2 is 1.83 bits per heavy atom. The Kier molecular flexibility index (Phi) is 5.18. The molecule has 0 saturated heterocycles. The van der Waals surface area contributed by atoms with E-state index >= 15 is 0 Å². The fourth-order valence-corrected chi connectivity index (χ4v) is 1.67. The molecule has 0 fully saturated rings. The summed E-state index contributed by atoms with van der Waals surface area (Å²) in [4.78, 5) is 0. The van der Waals surface area contributed by atoms with Gasteiger partial charge in [0.15, 0.2) is 6.23 Å². The van der Waals surface area contributed by atoms with E-state index in [-0.39, 0.29) is 6.23 Å². The van der Waals surface area contributed by atoms with Gasteiger partial charge in [-0.3, -0.25) is 4.48 Å². The summed E-state index contributed by atoms with van der Waals surface area (Å²) in [5.41, 5.74) is 0. The maximum absolute atomic E-state index is 9.82. The fourth-order valence-electron chi connectivity index (χ4n) is 1.67. The van der Waals surface area contributed by atoms with Crippen molar-refractivity contribution in [2.45, 2.75) is 33.4 Å². The molecular formula is C10H22NO+. The predicted molar refractivity (Wildman–Crippen MR) is 52.7 cm³/mol. The monoisotopic (exact) mass is 172 g/mol. The third kappa shape index (κ3) is 2.32. The van der Waals surface area contributed by atoms with E-state index in [1.807, 2.05) is 13.0 Å². The molecule has 12 heavy (non-hydrogen) atoms. The van der Waals surface area contributed by atoms with Crippen LogP contribution in [-0.4, -0.2) is 35.5 Å². The summed E-state index contributed by atoms with van der Waals surface area (Å²) in [5.74, 6) is 0. The SMILES string of the molecule is C=CC[N+](CC)(CC)C(O)CC. The third-order valence-corrected chi connectivity index (χ3v) is 2.75. The average Bonchev–Trinajstić information content (AvgIpc) is 2.13. The zero-order valence-corrected chi connectivity index (χ0v) is 8.58. The number of hydrogen-bond acceptors (Lipinski definition) is 1. The lowest BCUT2D eigenvalue weighted by Crippen LogP contribution is -2.55. The van der Waals surface area contributed by atoms with Gasteiger partial charge in [-0.05, 0) is 19.9 Å². The van der Waals surface area contributed by atoms with Crippen molar-refractivity contribution < 1.29 is 9.59 Å². The molecule has 1 unspecified atom stereocenters. The Morgan fingerprint density at radius 3 is 2.08 bits per heavy atom. The molecule has 0 saturated carbocycles. The maximum atomic E-state index is 9.82. The lowest BCUT2D eigenvalue weighted by atomic mass is 10.2. The van der Waals surface area contributed by atoms with Gasteiger partial charge in [-0.1, -0.05) is 13.5 Å². The molecular weight excluding hydrogens is 150 g/mol. The van der Waals surface area contributed by atoms with E-state index in [0.29, 0.717) is 0 Å². The molecule has 0 aliphatic carbocycles. The van der Waals surface area contributed by atoms with Crippen LogP contribution in [0.5, 0.6) is 0 Å². The van der Waals surface area contributed by atoms with Crippen LogP contribution >= 0.6 is 0 Å². The molecule has 0 aromatic heterocycles. The number of rotatable bonds is 6. The number of nitrogens with zero attached hydrogens (tertiary/aromatic N) is 1. The van der Waals surface area contributed by atoms with Crippen molar-refractivity contribution in [1.29, 1.82) is 0 Å². The Hall–Kier alpha value is -0.340. The van der Waals surface area contributed by atoms with Crippen molar-refractivity contribution in [3.63, 3.8) is 0 Å². The topological polar surface area (TPSA) is 20.2 Å². The van der Waals surface area contributed by atoms with Gasteiger partial charge < -0.3 is 5.11 Å². The highest BCUT2D eigenvalue weighted by atomic mass is 16.3. The van der Waals surface area contributed by atoms with E-state index in [1.165, 1.54) is 0 Å². The molecule has 1 atom stereocenters. The van der Waals surface area contributed by atoms with Gasteiger partial charge in [-0.25, -0.2) is 0 Å². The summed E-state index contributed by atoms with van der Waals surface area (Å²) in [5, 5.41) is 9.82. The summed E-state index contributed by atoms with van der Waals surface area (Å²) in [6.07, 6.45) is 2.47. The first kappa shape index (κ1) is 11.7. The van der Waals surface area contributed by atoms with Crippen molar-refractivity contribution in [3.8, 4) is 0 Å². The van der Waals surface area contributed by atoms with Gasteiger partial charge in [0.1, 0.15) is 0 Å². The molecule has 0 heterocycles. The standard InChI is InChI=1S/C10H22NO/c1-5-9-11(7-3,8-4)10(12)6-2/h5,10,12H,1,6-9H2,2-4H3/q+1. The fraction of sp³-hybridized carbons (Fsp3) is 0.800. The molecule has 1 N–H and O–H groups in total. The minimum absolute atomic E-state index is 0.238. The second kappa shape index (κ2) is 5.33. The third-order valence-electron chi connectivity index (χ3n) is 2.75. The quantitative estimate of drug-likeness (QED) is 0.368. The summed E-state index contributed by atoms with van der Waals surface area (Å²) < 4.78 is 0.750. The lowest BCUT2D eigenvalue weighted by molar-refractivity contribution is -0.963.